The van der Waals surface area contributed by atoms with Gasteiger partial charge in [0.2, 0.25) is 5.91 Å². The van der Waals surface area contributed by atoms with Crippen molar-refractivity contribution in [1.29, 1.82) is 0 Å². The second-order valence-corrected chi connectivity index (χ2v) is 7.98. The molecule has 2 rings (SSSR count). The lowest BCUT2D eigenvalue weighted by Gasteiger charge is -2.30. The molecule has 1 atom stereocenters. The predicted molar refractivity (Wildman–Crippen MR) is 121 cm³/mol. The summed E-state index contributed by atoms with van der Waals surface area (Å²) < 4.78 is 5.61. The van der Waals surface area contributed by atoms with Crippen molar-refractivity contribution in [1.82, 2.24) is 10.2 Å². The number of carbonyl (C=O) groups is 2. The second-order valence-electron chi connectivity index (χ2n) is 6.73. The van der Waals surface area contributed by atoms with Crippen LogP contribution in [0.15, 0.2) is 42.5 Å². The minimum Gasteiger partial charge on any atom is -0.484 e. The lowest BCUT2D eigenvalue weighted by molar-refractivity contribution is -0.143. The molecule has 2 aromatic carbocycles. The predicted octanol–water partition coefficient (Wildman–Crippen LogP) is 5.36. The molecule has 0 heterocycles. The molecule has 0 aliphatic rings. The third-order valence-electron chi connectivity index (χ3n) is 4.45. The Hall–Kier alpha value is -1.95. The molecule has 2 aromatic rings. The number of benzene rings is 2. The van der Waals surface area contributed by atoms with Gasteiger partial charge >= 0.3 is 0 Å². The van der Waals surface area contributed by atoms with Crippen LogP contribution in [0.2, 0.25) is 15.1 Å². The zero-order chi connectivity index (χ0) is 22.1. The fourth-order valence-electron chi connectivity index (χ4n) is 2.88. The molecule has 1 N–H and O–H groups in total. The monoisotopic (exact) mass is 470 g/mol. The Bertz CT molecular complexity index is 859. The molecule has 8 heteroatoms. The molecule has 0 radical (unpaired) electrons. The first-order chi connectivity index (χ1) is 14.3. The van der Waals surface area contributed by atoms with Crippen LogP contribution in [-0.2, 0) is 16.1 Å². The van der Waals surface area contributed by atoms with E-state index in [1.165, 1.54) is 4.90 Å². The minimum atomic E-state index is -0.632. The van der Waals surface area contributed by atoms with E-state index in [9.17, 15) is 9.59 Å². The van der Waals surface area contributed by atoms with Crippen molar-refractivity contribution in [3.63, 3.8) is 0 Å². The van der Waals surface area contributed by atoms with Crippen LogP contribution in [0.4, 0.5) is 0 Å². The van der Waals surface area contributed by atoms with Gasteiger partial charge < -0.3 is 15.0 Å². The molecule has 0 saturated carbocycles. The number of nitrogens with one attached hydrogen (secondary N) is 1. The van der Waals surface area contributed by atoms with Crippen molar-refractivity contribution >= 4 is 46.6 Å². The Morgan fingerprint density at radius 1 is 1.03 bits per heavy atom. The van der Waals surface area contributed by atoms with Crippen molar-refractivity contribution in [3.8, 4) is 5.75 Å². The van der Waals surface area contributed by atoms with Crippen molar-refractivity contribution in [3.05, 3.63) is 63.1 Å². The van der Waals surface area contributed by atoms with Crippen molar-refractivity contribution in [2.75, 3.05) is 13.2 Å². The first kappa shape index (κ1) is 24.3. The van der Waals surface area contributed by atoms with Gasteiger partial charge in [-0.2, -0.15) is 0 Å². The summed E-state index contributed by atoms with van der Waals surface area (Å²) in [6, 6.07) is 11.3. The summed E-state index contributed by atoms with van der Waals surface area (Å²) in [7, 11) is 0. The van der Waals surface area contributed by atoms with E-state index in [0.717, 1.165) is 12.0 Å². The smallest absolute Gasteiger partial charge is 0.261 e. The van der Waals surface area contributed by atoms with Crippen molar-refractivity contribution in [2.45, 2.75) is 39.3 Å². The van der Waals surface area contributed by atoms with Gasteiger partial charge in [-0.1, -0.05) is 54.7 Å². The molecule has 0 aromatic heterocycles. The van der Waals surface area contributed by atoms with Crippen LogP contribution < -0.4 is 10.1 Å². The fraction of sp³-hybridized carbons (Fsp3) is 0.364. The van der Waals surface area contributed by atoms with E-state index >= 15 is 0 Å². The molecule has 0 bridgehead atoms. The second kappa shape index (κ2) is 12.0. The highest BCUT2D eigenvalue weighted by atomic mass is 35.5. The van der Waals surface area contributed by atoms with Gasteiger partial charge in [-0.25, -0.2) is 0 Å². The van der Waals surface area contributed by atoms with Crippen LogP contribution in [0.25, 0.3) is 0 Å². The summed E-state index contributed by atoms with van der Waals surface area (Å²) in [6.45, 7) is 4.38. The topological polar surface area (TPSA) is 58.6 Å². The highest BCUT2D eigenvalue weighted by molar-refractivity contribution is 6.42. The van der Waals surface area contributed by atoms with Gasteiger partial charge in [0.1, 0.15) is 11.8 Å². The largest absolute Gasteiger partial charge is 0.484 e. The lowest BCUT2D eigenvalue weighted by atomic mass is 10.1. The van der Waals surface area contributed by atoms with Crippen LogP contribution >= 0.6 is 34.8 Å². The number of hydrogen-bond acceptors (Lipinski definition) is 3. The molecule has 0 saturated heterocycles. The molecular formula is C22H25Cl3N2O3. The van der Waals surface area contributed by atoms with Crippen LogP contribution in [0.3, 0.4) is 0 Å². The summed E-state index contributed by atoms with van der Waals surface area (Å²) in [4.78, 5) is 27.3. The molecular weight excluding hydrogens is 447 g/mol. The zero-order valence-electron chi connectivity index (χ0n) is 17.0. The average molecular weight is 472 g/mol. The van der Waals surface area contributed by atoms with Gasteiger partial charge in [0, 0.05) is 18.1 Å². The van der Waals surface area contributed by atoms with E-state index < -0.39 is 6.04 Å². The van der Waals surface area contributed by atoms with E-state index in [1.54, 1.807) is 42.5 Å². The maximum Gasteiger partial charge on any atom is 0.261 e. The van der Waals surface area contributed by atoms with E-state index in [-0.39, 0.29) is 25.0 Å². The number of hydrogen-bond donors (Lipinski definition) is 1. The summed E-state index contributed by atoms with van der Waals surface area (Å²) in [5, 5.41) is 4.27. The van der Waals surface area contributed by atoms with E-state index in [0.29, 0.717) is 33.8 Å². The zero-order valence-corrected chi connectivity index (χ0v) is 19.2. The molecule has 0 spiro atoms. The maximum atomic E-state index is 13.1. The molecule has 30 heavy (non-hydrogen) atoms. The molecule has 0 fully saturated rings. The third kappa shape index (κ3) is 7.08. The number of halogens is 3. The normalized spacial score (nSPS) is 11.6. The molecule has 0 aliphatic carbocycles. The van der Waals surface area contributed by atoms with Gasteiger partial charge in [0.25, 0.3) is 5.91 Å². The van der Waals surface area contributed by atoms with Gasteiger partial charge in [-0.05, 0) is 54.8 Å². The van der Waals surface area contributed by atoms with Gasteiger partial charge in [0.15, 0.2) is 6.61 Å². The van der Waals surface area contributed by atoms with Crippen LogP contribution in [0.5, 0.6) is 5.75 Å². The highest BCUT2D eigenvalue weighted by Crippen LogP contribution is 2.24. The van der Waals surface area contributed by atoms with Gasteiger partial charge in [0.05, 0.1) is 10.0 Å². The minimum absolute atomic E-state index is 0.195. The fourth-order valence-corrected chi connectivity index (χ4v) is 3.33. The molecule has 2 amide bonds. The van der Waals surface area contributed by atoms with E-state index in [4.69, 9.17) is 39.5 Å². The number of carbonyl (C=O) groups excluding carboxylic acids is 2. The Morgan fingerprint density at radius 3 is 2.33 bits per heavy atom. The highest BCUT2D eigenvalue weighted by Gasteiger charge is 2.28. The van der Waals surface area contributed by atoms with Gasteiger partial charge in [-0.15, -0.1) is 0 Å². The molecule has 0 aliphatic heterocycles. The summed E-state index contributed by atoms with van der Waals surface area (Å²) >= 11 is 18.0. The average Bonchev–Trinajstić information content (AvgIpc) is 2.74. The van der Waals surface area contributed by atoms with Crippen LogP contribution in [0.1, 0.15) is 32.3 Å². The summed E-state index contributed by atoms with van der Waals surface area (Å²) in [5.41, 5.74) is 0.769. The Kier molecular flexibility index (Phi) is 9.76. The Morgan fingerprint density at radius 2 is 1.73 bits per heavy atom. The molecule has 5 nitrogen and oxygen atoms in total. The SMILES string of the molecule is CCCNC(=O)[C@@H](CC)N(Cc1ccc(Cl)c(Cl)c1)C(=O)COc1ccc(Cl)cc1. The standard InChI is InChI=1S/C22H25Cl3N2O3/c1-3-11-26-22(29)20(4-2)27(13-15-5-10-18(24)19(25)12-15)21(28)14-30-17-8-6-16(23)7-9-17/h5-10,12,20H,3-4,11,13-14H2,1-2H3,(H,26,29)/t20-/m1/s1. The van der Waals surface area contributed by atoms with Gasteiger partial charge in [-0.3, -0.25) is 9.59 Å². The van der Waals surface area contributed by atoms with Crippen LogP contribution in [0, 0.1) is 0 Å². The third-order valence-corrected chi connectivity index (χ3v) is 5.44. The van der Waals surface area contributed by atoms with Crippen LogP contribution in [-0.4, -0.2) is 35.9 Å². The Labute approximate surface area is 192 Å². The lowest BCUT2D eigenvalue weighted by Crippen LogP contribution is -2.50. The first-order valence-corrected chi connectivity index (χ1v) is 10.9. The van der Waals surface area contributed by atoms with Crippen molar-refractivity contribution in [2.24, 2.45) is 0 Å². The summed E-state index contributed by atoms with van der Waals surface area (Å²) in [6.07, 6.45) is 1.27. The maximum absolute atomic E-state index is 13.1. The number of amides is 2. The van der Waals surface area contributed by atoms with Crippen molar-refractivity contribution < 1.29 is 14.3 Å². The number of ether oxygens (including phenoxy) is 1. The number of nitrogens with zero attached hydrogens (tertiary/aromatic N) is 1. The number of rotatable bonds is 10. The quantitative estimate of drug-likeness (QED) is 0.507. The summed E-state index contributed by atoms with van der Waals surface area (Å²) in [5.74, 6) is 0.0134. The first-order valence-electron chi connectivity index (χ1n) is 9.75. The molecule has 0 unspecified atom stereocenters. The molecule has 162 valence electrons. The van der Waals surface area contributed by atoms with E-state index in [2.05, 4.69) is 5.32 Å². The Balaban J connectivity index is 2.21. The van der Waals surface area contributed by atoms with E-state index in [1.807, 2.05) is 13.8 Å².